The normalized spacial score (nSPS) is 15.9. The maximum Gasteiger partial charge on any atom is 0.261 e. The van der Waals surface area contributed by atoms with Crippen molar-refractivity contribution in [1.29, 1.82) is 0 Å². The Morgan fingerprint density at radius 2 is 1.41 bits per heavy atom. The number of nitrogens with one attached hydrogen (secondary N) is 1. The molecule has 0 atom stereocenters. The van der Waals surface area contributed by atoms with Crippen molar-refractivity contribution in [2.75, 3.05) is 18.4 Å². The molecule has 5 rings (SSSR count). The van der Waals surface area contributed by atoms with E-state index in [1.165, 1.54) is 35.8 Å². The van der Waals surface area contributed by atoms with Crippen LogP contribution in [-0.4, -0.2) is 40.6 Å². The maximum absolute atomic E-state index is 12.9. The van der Waals surface area contributed by atoms with Crippen molar-refractivity contribution < 1.29 is 14.4 Å². The fourth-order valence-corrected chi connectivity index (χ4v) is 4.61. The van der Waals surface area contributed by atoms with Gasteiger partial charge in [-0.15, -0.1) is 0 Å². The fourth-order valence-electron chi connectivity index (χ4n) is 4.61. The van der Waals surface area contributed by atoms with E-state index in [0.717, 1.165) is 25.2 Å². The number of hydrogen-bond donors (Lipinski definition) is 1. The van der Waals surface area contributed by atoms with Crippen LogP contribution in [0, 0.1) is 0 Å². The highest BCUT2D eigenvalue weighted by molar-refractivity contribution is 6.22. The first-order valence-electron chi connectivity index (χ1n) is 11.8. The van der Waals surface area contributed by atoms with Gasteiger partial charge in [-0.3, -0.25) is 24.2 Å². The number of hydrogen-bond acceptors (Lipinski definition) is 4. The molecule has 3 amide bonds. The zero-order valence-electron chi connectivity index (χ0n) is 19.0. The monoisotopic (exact) mass is 453 g/mol. The summed E-state index contributed by atoms with van der Waals surface area (Å²) >= 11 is 0. The Morgan fingerprint density at radius 3 is 2.15 bits per heavy atom. The van der Waals surface area contributed by atoms with Gasteiger partial charge in [0.05, 0.1) is 17.7 Å². The molecule has 2 aliphatic heterocycles. The Balaban J connectivity index is 1.25. The van der Waals surface area contributed by atoms with Crippen LogP contribution in [0.2, 0.25) is 0 Å². The molecular formula is C28H27N3O3. The maximum atomic E-state index is 12.9. The molecule has 2 aliphatic rings. The highest BCUT2D eigenvalue weighted by Gasteiger charge is 2.36. The SMILES string of the molecule is O=C(Nc1ccc(CN2CCCCC2)cc1)c1ccc2c(c1)C(=O)N(Cc1ccccc1)C2=O. The van der Waals surface area contributed by atoms with Gasteiger partial charge in [0.1, 0.15) is 0 Å². The second-order valence-corrected chi connectivity index (χ2v) is 8.93. The van der Waals surface area contributed by atoms with E-state index in [9.17, 15) is 14.4 Å². The molecule has 1 fully saturated rings. The Labute approximate surface area is 199 Å². The molecule has 3 aromatic carbocycles. The highest BCUT2D eigenvalue weighted by atomic mass is 16.2. The molecule has 0 saturated carbocycles. The zero-order chi connectivity index (χ0) is 23.5. The average Bonchev–Trinajstić information content (AvgIpc) is 3.11. The number of likely N-dealkylation sites (tertiary alicyclic amines) is 1. The van der Waals surface area contributed by atoms with Crippen LogP contribution in [-0.2, 0) is 13.1 Å². The van der Waals surface area contributed by atoms with Gasteiger partial charge in [0, 0.05) is 17.8 Å². The van der Waals surface area contributed by atoms with Crippen LogP contribution in [0.1, 0.15) is 61.5 Å². The summed E-state index contributed by atoms with van der Waals surface area (Å²) in [5.74, 6) is -1.02. The number of carbonyl (C=O) groups is 3. The van der Waals surface area contributed by atoms with Gasteiger partial charge in [-0.1, -0.05) is 48.9 Å². The van der Waals surface area contributed by atoms with Gasteiger partial charge in [0.15, 0.2) is 0 Å². The van der Waals surface area contributed by atoms with Crippen molar-refractivity contribution in [3.8, 4) is 0 Å². The third-order valence-corrected chi connectivity index (χ3v) is 6.48. The minimum atomic E-state index is -0.374. The summed E-state index contributed by atoms with van der Waals surface area (Å²) in [6.45, 7) is 3.41. The second-order valence-electron chi connectivity index (χ2n) is 8.93. The average molecular weight is 454 g/mol. The van der Waals surface area contributed by atoms with Crippen LogP contribution in [0.3, 0.4) is 0 Å². The number of rotatable bonds is 6. The number of amides is 3. The first-order chi connectivity index (χ1) is 16.6. The van der Waals surface area contributed by atoms with E-state index >= 15 is 0 Å². The first-order valence-corrected chi connectivity index (χ1v) is 11.8. The summed E-state index contributed by atoms with van der Waals surface area (Å²) in [6, 6.07) is 21.9. The molecule has 0 unspecified atom stereocenters. The topological polar surface area (TPSA) is 69.7 Å². The molecule has 6 heteroatoms. The third kappa shape index (κ3) is 4.63. The molecule has 6 nitrogen and oxygen atoms in total. The molecule has 0 aliphatic carbocycles. The van der Waals surface area contributed by atoms with Crippen molar-refractivity contribution in [3.05, 3.63) is 101 Å². The summed E-state index contributed by atoms with van der Waals surface area (Å²) in [6.07, 6.45) is 3.83. The standard InChI is InChI=1S/C28H27N3O3/c32-26(29-23-12-9-21(10-13-23)18-30-15-5-2-6-16-30)22-11-14-24-25(17-22)28(34)31(27(24)33)19-20-7-3-1-4-8-20/h1,3-4,7-14,17H,2,5-6,15-16,18-19H2,(H,29,32). The number of piperidine rings is 1. The summed E-state index contributed by atoms with van der Waals surface area (Å²) in [5.41, 5.74) is 3.74. The smallest absolute Gasteiger partial charge is 0.261 e. The predicted molar refractivity (Wildman–Crippen MR) is 131 cm³/mol. The second kappa shape index (κ2) is 9.61. The Hall–Kier alpha value is -3.77. The first kappa shape index (κ1) is 22.0. The molecule has 1 saturated heterocycles. The molecule has 1 N–H and O–H groups in total. The molecule has 0 bridgehead atoms. The molecule has 34 heavy (non-hydrogen) atoms. The number of anilines is 1. The van der Waals surface area contributed by atoms with E-state index in [2.05, 4.69) is 10.2 Å². The summed E-state index contributed by atoms with van der Waals surface area (Å²) in [4.78, 5) is 42.2. The van der Waals surface area contributed by atoms with Crippen molar-refractivity contribution in [1.82, 2.24) is 9.80 Å². The van der Waals surface area contributed by atoms with Crippen molar-refractivity contribution >= 4 is 23.4 Å². The van der Waals surface area contributed by atoms with Crippen molar-refractivity contribution in [3.63, 3.8) is 0 Å². The van der Waals surface area contributed by atoms with E-state index in [4.69, 9.17) is 0 Å². The number of nitrogens with zero attached hydrogens (tertiary/aromatic N) is 2. The quantitative estimate of drug-likeness (QED) is 0.549. The third-order valence-electron chi connectivity index (χ3n) is 6.48. The molecule has 172 valence electrons. The van der Waals surface area contributed by atoms with Gasteiger partial charge in [-0.2, -0.15) is 0 Å². The molecule has 3 aromatic rings. The van der Waals surface area contributed by atoms with Crippen LogP contribution in [0.4, 0.5) is 5.69 Å². The lowest BCUT2D eigenvalue weighted by Gasteiger charge is -2.26. The molecule has 2 heterocycles. The minimum Gasteiger partial charge on any atom is -0.322 e. The molecule has 0 aromatic heterocycles. The van der Waals surface area contributed by atoms with E-state index in [1.807, 2.05) is 54.6 Å². The van der Waals surface area contributed by atoms with Gasteiger partial charge in [0.25, 0.3) is 17.7 Å². The van der Waals surface area contributed by atoms with E-state index in [-0.39, 0.29) is 29.8 Å². The van der Waals surface area contributed by atoms with Crippen LogP contribution in [0.5, 0.6) is 0 Å². The van der Waals surface area contributed by atoms with Gasteiger partial charge in [0.2, 0.25) is 0 Å². The Bertz CT molecular complexity index is 1220. The summed E-state index contributed by atoms with van der Waals surface area (Å²) in [5, 5.41) is 2.89. The van der Waals surface area contributed by atoms with Crippen LogP contribution < -0.4 is 5.32 Å². The van der Waals surface area contributed by atoms with Gasteiger partial charge in [-0.25, -0.2) is 0 Å². The number of imide groups is 1. The summed E-state index contributed by atoms with van der Waals surface area (Å²) < 4.78 is 0. The highest BCUT2D eigenvalue weighted by Crippen LogP contribution is 2.26. The van der Waals surface area contributed by atoms with Gasteiger partial charge < -0.3 is 5.32 Å². The van der Waals surface area contributed by atoms with E-state index < -0.39 is 0 Å². The van der Waals surface area contributed by atoms with E-state index in [0.29, 0.717) is 16.8 Å². The number of benzene rings is 3. The predicted octanol–water partition coefficient (Wildman–Crippen LogP) is 4.72. The Kier molecular flexibility index (Phi) is 6.23. The van der Waals surface area contributed by atoms with Crippen LogP contribution in [0.25, 0.3) is 0 Å². The lowest BCUT2D eigenvalue weighted by Crippen LogP contribution is -2.29. The van der Waals surface area contributed by atoms with Gasteiger partial charge in [-0.05, 0) is 67.4 Å². The largest absolute Gasteiger partial charge is 0.322 e. The van der Waals surface area contributed by atoms with Crippen molar-refractivity contribution in [2.24, 2.45) is 0 Å². The lowest BCUT2D eigenvalue weighted by atomic mass is 10.1. The van der Waals surface area contributed by atoms with E-state index in [1.54, 1.807) is 12.1 Å². The van der Waals surface area contributed by atoms with Crippen LogP contribution >= 0.6 is 0 Å². The zero-order valence-corrected chi connectivity index (χ0v) is 19.0. The summed E-state index contributed by atoms with van der Waals surface area (Å²) in [7, 11) is 0. The van der Waals surface area contributed by atoms with Crippen LogP contribution in [0.15, 0.2) is 72.8 Å². The van der Waals surface area contributed by atoms with Gasteiger partial charge >= 0.3 is 0 Å². The Morgan fingerprint density at radius 1 is 0.735 bits per heavy atom. The van der Waals surface area contributed by atoms with Crippen molar-refractivity contribution in [2.45, 2.75) is 32.4 Å². The molecule has 0 spiro atoms. The number of carbonyl (C=O) groups excluding carboxylic acids is 3. The molecular weight excluding hydrogens is 426 g/mol. The molecule has 0 radical (unpaired) electrons. The minimum absolute atomic E-state index is 0.207. The lowest BCUT2D eigenvalue weighted by molar-refractivity contribution is 0.0642. The number of fused-ring (bicyclic) bond motifs is 1. The fraction of sp³-hybridized carbons (Fsp3) is 0.250.